The fourth-order valence-electron chi connectivity index (χ4n) is 1.31. The van der Waals surface area contributed by atoms with Gasteiger partial charge in [0.25, 0.3) is 0 Å². The van der Waals surface area contributed by atoms with E-state index in [2.05, 4.69) is 26.3 Å². The van der Waals surface area contributed by atoms with Gasteiger partial charge in [-0.3, -0.25) is 0 Å². The van der Waals surface area contributed by atoms with Gasteiger partial charge < -0.3 is 5.43 Å². The normalized spacial score (nSPS) is 12.7. The first kappa shape index (κ1) is 17.3. The van der Waals surface area contributed by atoms with Gasteiger partial charge in [0.15, 0.2) is 5.82 Å². The van der Waals surface area contributed by atoms with E-state index >= 15 is 0 Å². The highest BCUT2D eigenvalue weighted by Gasteiger charge is 2.25. The van der Waals surface area contributed by atoms with Crippen LogP contribution in [-0.2, 0) is 19.9 Å². The minimum atomic E-state index is -3.89. The number of anilines is 1. The van der Waals surface area contributed by atoms with Gasteiger partial charge in [-0.25, -0.2) is 27.7 Å². The molecule has 8 nitrogen and oxygen atoms in total. The van der Waals surface area contributed by atoms with Crippen molar-refractivity contribution in [1.29, 1.82) is 0 Å². The van der Waals surface area contributed by atoms with E-state index in [1.807, 2.05) is 0 Å². The van der Waals surface area contributed by atoms with E-state index < -0.39 is 19.9 Å². The number of sulfone groups is 1. The maximum atomic E-state index is 12.4. The predicted molar refractivity (Wildman–Crippen MR) is 79.3 cm³/mol. The number of nitrogens with one attached hydrogen (secondary N) is 1. The molecule has 0 saturated heterocycles. The summed E-state index contributed by atoms with van der Waals surface area (Å²) in [5.41, 5.74) is 2.20. The molecule has 0 unspecified atom stereocenters. The third-order valence-electron chi connectivity index (χ3n) is 2.42. The summed E-state index contributed by atoms with van der Waals surface area (Å²) in [6.45, 7) is -0.155. The molecule has 0 aromatic carbocycles. The molecule has 0 aliphatic rings. The first-order valence-electron chi connectivity index (χ1n) is 5.34. The number of nitrogen functional groups attached to an aromatic ring is 1. The molecule has 0 radical (unpaired) electrons. The second kappa shape index (κ2) is 6.35. The molecule has 20 heavy (non-hydrogen) atoms. The molecule has 0 saturated carbocycles. The Hall–Kier alpha value is -0.750. The van der Waals surface area contributed by atoms with Crippen molar-refractivity contribution in [3.63, 3.8) is 0 Å². The van der Waals surface area contributed by atoms with Crippen molar-refractivity contribution in [2.75, 3.05) is 31.0 Å². The molecule has 0 bridgehead atoms. The monoisotopic (exact) mass is 386 g/mol. The Balaban J connectivity index is 3.13. The molecule has 0 amide bonds. The number of pyridine rings is 1. The molecule has 0 spiro atoms. The number of halogens is 1. The van der Waals surface area contributed by atoms with Gasteiger partial charge in [-0.1, -0.05) is 0 Å². The molecular weight excluding hydrogens is 372 g/mol. The molecule has 0 fully saturated rings. The van der Waals surface area contributed by atoms with E-state index in [1.165, 1.54) is 19.3 Å². The summed E-state index contributed by atoms with van der Waals surface area (Å²) in [6.07, 6.45) is 2.44. The van der Waals surface area contributed by atoms with Gasteiger partial charge in [-0.2, -0.15) is 4.31 Å². The molecule has 11 heteroatoms. The van der Waals surface area contributed by atoms with Crippen LogP contribution in [0.1, 0.15) is 0 Å². The third kappa shape index (κ3) is 4.38. The number of hydrogen-bond donors (Lipinski definition) is 2. The number of nitrogens with zero attached hydrogens (tertiary/aromatic N) is 2. The maximum absolute atomic E-state index is 12.4. The predicted octanol–water partition coefficient (Wildman–Crippen LogP) is -0.205. The molecule has 3 N–H and O–H groups in total. The summed E-state index contributed by atoms with van der Waals surface area (Å²) in [7, 11) is -5.86. The van der Waals surface area contributed by atoms with Gasteiger partial charge in [0.05, 0.1) is 5.75 Å². The molecular formula is C9H15BrN4O4S2. The molecule has 1 rings (SSSR count). The fourth-order valence-corrected chi connectivity index (χ4v) is 3.81. The van der Waals surface area contributed by atoms with Crippen LogP contribution in [0.25, 0.3) is 0 Å². The fraction of sp³-hybridized carbons (Fsp3) is 0.444. The highest BCUT2D eigenvalue weighted by atomic mass is 79.9. The standard InChI is InChI=1S/C9H15BrN4O4S2/c1-14(3-4-19(2,15)16)20(17,18)8-5-7(10)6-12-9(8)13-11/h5-6H,3-4,11H2,1-2H3,(H,12,13). The van der Waals surface area contributed by atoms with E-state index in [0.29, 0.717) is 4.47 Å². The average Bonchev–Trinajstić information content (AvgIpc) is 2.34. The Bertz CT molecular complexity index is 690. The van der Waals surface area contributed by atoms with E-state index in [-0.39, 0.29) is 23.0 Å². The van der Waals surface area contributed by atoms with Crippen molar-refractivity contribution >= 4 is 41.6 Å². The minimum Gasteiger partial charge on any atom is -0.307 e. The lowest BCUT2D eigenvalue weighted by Gasteiger charge is -2.18. The largest absolute Gasteiger partial charge is 0.307 e. The van der Waals surface area contributed by atoms with Crippen LogP contribution >= 0.6 is 15.9 Å². The number of hydrogen-bond acceptors (Lipinski definition) is 7. The zero-order valence-corrected chi connectivity index (χ0v) is 14.1. The Morgan fingerprint density at radius 3 is 2.50 bits per heavy atom. The second-order valence-electron chi connectivity index (χ2n) is 4.10. The molecule has 0 atom stereocenters. The lowest BCUT2D eigenvalue weighted by Crippen LogP contribution is -2.32. The summed E-state index contributed by atoms with van der Waals surface area (Å²) < 4.78 is 48.3. The highest BCUT2D eigenvalue weighted by molar-refractivity contribution is 9.10. The summed E-state index contributed by atoms with van der Waals surface area (Å²) in [4.78, 5) is 3.71. The zero-order chi connectivity index (χ0) is 15.6. The van der Waals surface area contributed by atoms with Crippen molar-refractivity contribution in [3.8, 4) is 0 Å². The van der Waals surface area contributed by atoms with Gasteiger partial charge in [0.1, 0.15) is 14.7 Å². The van der Waals surface area contributed by atoms with Gasteiger partial charge in [-0.05, 0) is 22.0 Å². The lowest BCUT2D eigenvalue weighted by atomic mass is 10.5. The molecule has 114 valence electrons. The number of rotatable bonds is 6. The van der Waals surface area contributed by atoms with Gasteiger partial charge in [-0.15, -0.1) is 0 Å². The van der Waals surface area contributed by atoms with Crippen LogP contribution < -0.4 is 11.3 Å². The van der Waals surface area contributed by atoms with E-state index in [0.717, 1.165) is 10.6 Å². The number of sulfonamides is 1. The number of hydrazine groups is 1. The van der Waals surface area contributed by atoms with Crippen LogP contribution in [0.4, 0.5) is 5.82 Å². The number of nitrogens with two attached hydrogens (primary N) is 1. The Morgan fingerprint density at radius 2 is 2.00 bits per heavy atom. The van der Waals surface area contributed by atoms with Crippen molar-refractivity contribution in [1.82, 2.24) is 9.29 Å². The summed E-state index contributed by atoms with van der Waals surface area (Å²) >= 11 is 3.13. The van der Waals surface area contributed by atoms with Crippen LogP contribution in [0.15, 0.2) is 21.6 Å². The van der Waals surface area contributed by atoms with Crippen LogP contribution in [0.3, 0.4) is 0 Å². The van der Waals surface area contributed by atoms with Crippen LogP contribution in [-0.4, -0.2) is 51.7 Å². The first-order valence-corrected chi connectivity index (χ1v) is 9.63. The van der Waals surface area contributed by atoms with Gasteiger partial charge >= 0.3 is 0 Å². The van der Waals surface area contributed by atoms with Crippen molar-refractivity contribution in [2.24, 2.45) is 5.84 Å². The summed E-state index contributed by atoms with van der Waals surface area (Å²) in [6, 6.07) is 1.34. The third-order valence-corrected chi connectivity index (χ3v) is 5.65. The Morgan fingerprint density at radius 1 is 1.40 bits per heavy atom. The van der Waals surface area contributed by atoms with Crippen molar-refractivity contribution < 1.29 is 16.8 Å². The average molecular weight is 387 g/mol. The van der Waals surface area contributed by atoms with Gasteiger partial charge in [0, 0.05) is 30.5 Å². The van der Waals surface area contributed by atoms with E-state index in [9.17, 15) is 16.8 Å². The first-order chi connectivity index (χ1) is 9.08. The van der Waals surface area contributed by atoms with E-state index in [4.69, 9.17) is 5.84 Å². The molecule has 0 aliphatic heterocycles. The second-order valence-corrected chi connectivity index (χ2v) is 9.29. The highest BCUT2D eigenvalue weighted by Crippen LogP contribution is 2.24. The molecule has 1 aromatic heterocycles. The molecule has 1 aromatic rings. The Kier molecular flexibility index (Phi) is 5.49. The van der Waals surface area contributed by atoms with Crippen LogP contribution in [0, 0.1) is 0 Å². The minimum absolute atomic E-state index is 0.0144. The topological polar surface area (TPSA) is 122 Å². The van der Waals surface area contributed by atoms with E-state index in [1.54, 1.807) is 0 Å². The lowest BCUT2D eigenvalue weighted by molar-refractivity contribution is 0.485. The van der Waals surface area contributed by atoms with Crippen molar-refractivity contribution in [3.05, 3.63) is 16.7 Å². The van der Waals surface area contributed by atoms with Gasteiger partial charge in [0.2, 0.25) is 10.0 Å². The summed E-state index contributed by atoms with van der Waals surface area (Å²) in [5.74, 6) is 4.95. The SMILES string of the molecule is CN(CCS(C)(=O)=O)S(=O)(=O)c1cc(Br)cnc1NN. The molecule has 1 heterocycles. The van der Waals surface area contributed by atoms with Crippen LogP contribution in [0.2, 0.25) is 0 Å². The van der Waals surface area contributed by atoms with Crippen LogP contribution in [0.5, 0.6) is 0 Å². The molecule has 0 aliphatic carbocycles. The zero-order valence-electron chi connectivity index (χ0n) is 10.9. The quantitative estimate of drug-likeness (QED) is 0.512. The smallest absolute Gasteiger partial charge is 0.246 e. The number of aromatic nitrogens is 1. The van der Waals surface area contributed by atoms with Crippen molar-refractivity contribution in [2.45, 2.75) is 4.90 Å². The maximum Gasteiger partial charge on any atom is 0.246 e. The Labute approximate surface area is 126 Å². The summed E-state index contributed by atoms with van der Waals surface area (Å²) in [5, 5.41) is 0.